The van der Waals surface area contributed by atoms with Crippen molar-refractivity contribution in [1.82, 2.24) is 4.90 Å². The highest BCUT2D eigenvalue weighted by Crippen LogP contribution is 2.41. The van der Waals surface area contributed by atoms with Crippen LogP contribution < -0.4 is 14.9 Å². The van der Waals surface area contributed by atoms with E-state index in [4.69, 9.17) is 13.9 Å². The van der Waals surface area contributed by atoms with Crippen LogP contribution in [0.25, 0.3) is 11.0 Å². The summed E-state index contributed by atoms with van der Waals surface area (Å²) in [5, 5.41) is 0.516. The summed E-state index contributed by atoms with van der Waals surface area (Å²) in [5.74, 6) is 1.18. The number of carbonyl (C=O) groups excluding carboxylic acids is 1. The molecular weight excluding hydrogens is 454 g/mol. The van der Waals surface area contributed by atoms with Crippen molar-refractivity contribution in [2.45, 2.75) is 72.3 Å². The Kier molecular flexibility index (Phi) is 8.02. The Labute approximate surface area is 213 Å². The highest BCUT2D eigenvalue weighted by atomic mass is 16.5. The van der Waals surface area contributed by atoms with Crippen molar-refractivity contribution >= 4 is 16.9 Å². The number of ether oxygens (including phenoxy) is 2. The van der Waals surface area contributed by atoms with Crippen molar-refractivity contribution in [1.29, 1.82) is 0 Å². The maximum absolute atomic E-state index is 13.9. The zero-order valence-corrected chi connectivity index (χ0v) is 22.1. The Hall–Kier alpha value is -3.28. The third-order valence-corrected chi connectivity index (χ3v) is 6.91. The number of benzene rings is 2. The lowest BCUT2D eigenvalue weighted by molar-refractivity contribution is 0.0724. The lowest BCUT2D eigenvalue weighted by atomic mass is 9.97. The Morgan fingerprint density at radius 2 is 1.69 bits per heavy atom. The average molecular weight is 492 g/mol. The summed E-state index contributed by atoms with van der Waals surface area (Å²) in [5.41, 5.74) is 3.40. The van der Waals surface area contributed by atoms with Crippen molar-refractivity contribution in [2.75, 3.05) is 20.3 Å². The third-order valence-electron chi connectivity index (χ3n) is 6.91. The number of unbranched alkanes of at least 4 members (excludes halogenated alkanes) is 4. The quantitative estimate of drug-likeness (QED) is 0.278. The summed E-state index contributed by atoms with van der Waals surface area (Å²) in [6.07, 6.45) is 6.10. The second-order valence-electron chi connectivity index (χ2n) is 9.71. The van der Waals surface area contributed by atoms with Crippen LogP contribution in [0.4, 0.5) is 0 Å². The van der Waals surface area contributed by atoms with E-state index in [9.17, 15) is 9.59 Å². The van der Waals surface area contributed by atoms with Crippen LogP contribution in [-0.4, -0.2) is 31.1 Å². The Balaban J connectivity index is 1.82. The fourth-order valence-electron chi connectivity index (χ4n) is 5.09. The molecule has 0 N–H and O–H groups in total. The summed E-state index contributed by atoms with van der Waals surface area (Å²) >= 11 is 0. The molecule has 0 fully saturated rings. The zero-order valence-electron chi connectivity index (χ0n) is 22.1. The van der Waals surface area contributed by atoms with Crippen molar-refractivity contribution in [3.63, 3.8) is 0 Å². The van der Waals surface area contributed by atoms with Gasteiger partial charge in [-0.15, -0.1) is 0 Å². The number of carbonyl (C=O) groups is 1. The van der Waals surface area contributed by atoms with Gasteiger partial charge in [-0.1, -0.05) is 51.7 Å². The number of nitrogens with zero attached hydrogens (tertiary/aromatic N) is 1. The van der Waals surface area contributed by atoms with Gasteiger partial charge in [0.1, 0.15) is 5.58 Å². The van der Waals surface area contributed by atoms with E-state index in [1.165, 1.54) is 0 Å². The molecule has 6 nitrogen and oxygen atoms in total. The second kappa shape index (κ2) is 11.2. The molecule has 0 radical (unpaired) electrons. The highest BCUT2D eigenvalue weighted by molar-refractivity contribution is 5.99. The van der Waals surface area contributed by atoms with E-state index in [1.54, 1.807) is 12.0 Å². The molecule has 0 saturated carbocycles. The van der Waals surface area contributed by atoms with Gasteiger partial charge in [-0.25, -0.2) is 0 Å². The minimum absolute atomic E-state index is 0.145. The second-order valence-corrected chi connectivity index (χ2v) is 9.71. The van der Waals surface area contributed by atoms with E-state index in [0.29, 0.717) is 41.2 Å². The largest absolute Gasteiger partial charge is 0.493 e. The number of aryl methyl sites for hydroxylation is 2. The summed E-state index contributed by atoms with van der Waals surface area (Å²) < 4.78 is 17.8. The Bertz CT molecular complexity index is 1310. The maximum Gasteiger partial charge on any atom is 0.290 e. The van der Waals surface area contributed by atoms with Crippen LogP contribution in [0.3, 0.4) is 0 Å². The SMILES string of the molecule is CCCCCOc1ccc(C2c3c(oc4c(C)cc(C)cc4c3=O)C(=O)N2CCCCC)cc1OC. The molecule has 3 aromatic rings. The molecule has 0 spiro atoms. The van der Waals surface area contributed by atoms with Gasteiger partial charge >= 0.3 is 0 Å². The van der Waals surface area contributed by atoms with Gasteiger partial charge in [-0.05, 0) is 61.6 Å². The van der Waals surface area contributed by atoms with Crippen LogP contribution in [0.15, 0.2) is 39.5 Å². The van der Waals surface area contributed by atoms with Crippen LogP contribution >= 0.6 is 0 Å². The minimum atomic E-state index is -0.533. The van der Waals surface area contributed by atoms with Crippen LogP contribution in [0.5, 0.6) is 11.5 Å². The molecule has 36 heavy (non-hydrogen) atoms. The smallest absolute Gasteiger partial charge is 0.290 e. The van der Waals surface area contributed by atoms with Gasteiger partial charge in [0.05, 0.1) is 30.7 Å². The normalized spacial score (nSPS) is 15.0. The van der Waals surface area contributed by atoms with E-state index < -0.39 is 6.04 Å². The fraction of sp³-hybridized carbons (Fsp3) is 0.467. The number of hydrogen-bond donors (Lipinski definition) is 0. The number of fused-ring (bicyclic) bond motifs is 2. The molecular formula is C30H37NO5. The molecule has 0 saturated heterocycles. The number of methoxy groups -OCH3 is 1. The molecule has 192 valence electrons. The zero-order chi connectivity index (χ0) is 25.8. The minimum Gasteiger partial charge on any atom is -0.493 e. The Morgan fingerprint density at radius 1 is 0.944 bits per heavy atom. The molecule has 4 rings (SSSR count). The summed E-state index contributed by atoms with van der Waals surface area (Å²) in [4.78, 5) is 29.3. The number of rotatable bonds is 11. The first-order valence-electron chi connectivity index (χ1n) is 13.1. The fourth-order valence-corrected chi connectivity index (χ4v) is 5.09. The highest BCUT2D eigenvalue weighted by Gasteiger charge is 2.42. The van der Waals surface area contributed by atoms with Gasteiger partial charge in [0, 0.05) is 6.54 Å². The van der Waals surface area contributed by atoms with Crippen molar-refractivity contribution in [3.8, 4) is 11.5 Å². The van der Waals surface area contributed by atoms with Gasteiger partial charge in [-0.2, -0.15) is 0 Å². The molecule has 1 aliphatic heterocycles. The van der Waals surface area contributed by atoms with Gasteiger partial charge in [0.15, 0.2) is 16.9 Å². The van der Waals surface area contributed by atoms with Crippen molar-refractivity contribution < 1.29 is 18.7 Å². The Morgan fingerprint density at radius 3 is 2.42 bits per heavy atom. The van der Waals surface area contributed by atoms with E-state index in [-0.39, 0.29) is 17.1 Å². The first-order valence-corrected chi connectivity index (χ1v) is 13.1. The standard InChI is InChI=1S/C30H37NO5/c1-6-8-10-14-31-26(21-12-13-23(24(18-21)34-5)35-15-11-9-7-2)25-27(32)22-17-19(3)16-20(4)28(22)36-29(25)30(31)33/h12-13,16-18,26H,6-11,14-15H2,1-5H3. The predicted molar refractivity (Wildman–Crippen MR) is 142 cm³/mol. The molecule has 1 atom stereocenters. The van der Waals surface area contributed by atoms with Crippen molar-refractivity contribution in [3.05, 3.63) is 68.6 Å². The van der Waals surface area contributed by atoms with Gasteiger partial charge < -0.3 is 18.8 Å². The number of amides is 1. The van der Waals surface area contributed by atoms with E-state index in [1.807, 2.05) is 44.2 Å². The number of hydrogen-bond acceptors (Lipinski definition) is 5. The lowest BCUT2D eigenvalue weighted by Crippen LogP contribution is -2.30. The summed E-state index contributed by atoms with van der Waals surface area (Å²) in [6, 6.07) is 8.99. The molecule has 0 aliphatic carbocycles. The molecule has 2 heterocycles. The first-order chi connectivity index (χ1) is 17.4. The van der Waals surface area contributed by atoms with Gasteiger partial charge in [0.2, 0.25) is 5.76 Å². The first kappa shape index (κ1) is 25.8. The monoisotopic (exact) mass is 491 g/mol. The van der Waals surface area contributed by atoms with E-state index in [2.05, 4.69) is 13.8 Å². The average Bonchev–Trinajstić information content (AvgIpc) is 3.14. The molecule has 1 unspecified atom stereocenters. The third kappa shape index (κ3) is 4.86. The predicted octanol–water partition coefficient (Wildman–Crippen LogP) is 6.72. The van der Waals surface area contributed by atoms with Crippen LogP contribution in [0.1, 0.15) is 91.2 Å². The van der Waals surface area contributed by atoms with E-state index in [0.717, 1.165) is 55.2 Å². The molecule has 0 bridgehead atoms. The van der Waals surface area contributed by atoms with Gasteiger partial charge in [0.25, 0.3) is 5.91 Å². The summed E-state index contributed by atoms with van der Waals surface area (Å²) in [6.45, 7) is 9.32. The topological polar surface area (TPSA) is 69.0 Å². The van der Waals surface area contributed by atoms with Crippen LogP contribution in [0.2, 0.25) is 0 Å². The molecule has 6 heteroatoms. The van der Waals surface area contributed by atoms with Crippen LogP contribution in [-0.2, 0) is 0 Å². The lowest BCUT2D eigenvalue weighted by Gasteiger charge is -2.26. The van der Waals surface area contributed by atoms with Crippen LogP contribution in [0, 0.1) is 13.8 Å². The van der Waals surface area contributed by atoms with E-state index >= 15 is 0 Å². The molecule has 1 aliphatic rings. The molecule has 1 aromatic heterocycles. The molecule has 2 aromatic carbocycles. The summed E-state index contributed by atoms with van der Waals surface area (Å²) in [7, 11) is 1.61. The molecule has 1 amide bonds. The maximum atomic E-state index is 13.9. The van der Waals surface area contributed by atoms with Crippen molar-refractivity contribution in [2.24, 2.45) is 0 Å². The van der Waals surface area contributed by atoms with Gasteiger partial charge in [-0.3, -0.25) is 9.59 Å².